The maximum absolute atomic E-state index is 2.76. The van der Waals surface area contributed by atoms with Crippen molar-refractivity contribution in [1.82, 2.24) is 9.80 Å². The Morgan fingerprint density at radius 2 is 1.65 bits per heavy atom. The third-order valence-electron chi connectivity index (χ3n) is 5.00. The summed E-state index contributed by atoms with van der Waals surface area (Å²) in [7, 11) is 0. The Bertz CT molecular complexity index is 277. The lowest BCUT2D eigenvalue weighted by Gasteiger charge is -2.55. The van der Waals surface area contributed by atoms with E-state index in [0.29, 0.717) is 5.54 Å². The third-order valence-corrected chi connectivity index (χ3v) is 6.64. The van der Waals surface area contributed by atoms with Crippen LogP contribution in [0.15, 0.2) is 0 Å². The molecule has 0 unspecified atom stereocenters. The van der Waals surface area contributed by atoms with Crippen LogP contribution in [0, 0.1) is 5.41 Å². The van der Waals surface area contributed by atoms with E-state index in [1.165, 1.54) is 50.5 Å². The molecule has 0 aromatic rings. The van der Waals surface area contributed by atoms with Crippen LogP contribution >= 0.6 is 11.8 Å². The molecule has 0 aromatic carbocycles. The Morgan fingerprint density at radius 1 is 1.06 bits per heavy atom. The van der Waals surface area contributed by atoms with Crippen LogP contribution in [0.3, 0.4) is 0 Å². The second-order valence-corrected chi connectivity index (χ2v) is 8.24. The van der Waals surface area contributed by atoms with Gasteiger partial charge in [-0.15, -0.1) is 0 Å². The van der Waals surface area contributed by atoms with E-state index in [2.05, 4.69) is 42.3 Å². The van der Waals surface area contributed by atoms with E-state index in [-0.39, 0.29) is 0 Å². The van der Waals surface area contributed by atoms with Crippen LogP contribution in [0.5, 0.6) is 0 Å². The summed E-state index contributed by atoms with van der Waals surface area (Å²) < 4.78 is 0. The molecule has 3 rings (SSSR count). The molecule has 3 aliphatic rings. The van der Waals surface area contributed by atoms with Crippen molar-refractivity contribution in [3.8, 4) is 0 Å². The molecule has 3 saturated heterocycles. The lowest BCUT2D eigenvalue weighted by atomic mass is 9.80. The van der Waals surface area contributed by atoms with Crippen molar-refractivity contribution < 1.29 is 0 Å². The van der Waals surface area contributed by atoms with Crippen molar-refractivity contribution in [3.05, 3.63) is 0 Å². The van der Waals surface area contributed by atoms with E-state index in [1.54, 1.807) is 0 Å². The van der Waals surface area contributed by atoms with E-state index in [1.807, 2.05) is 0 Å². The molecule has 17 heavy (non-hydrogen) atoms. The van der Waals surface area contributed by atoms with Gasteiger partial charge in [0.15, 0.2) is 0 Å². The molecular weight excluding hydrogens is 228 g/mol. The van der Waals surface area contributed by atoms with Crippen molar-refractivity contribution in [2.45, 2.75) is 45.2 Å². The number of thioether (sulfide) groups is 1. The summed E-state index contributed by atoms with van der Waals surface area (Å²) in [6.45, 7) is 12.3. The molecule has 0 amide bonds. The average Bonchev–Trinajstić information content (AvgIpc) is 2.12. The zero-order valence-electron chi connectivity index (χ0n) is 11.5. The van der Waals surface area contributed by atoms with E-state index < -0.39 is 0 Å². The van der Waals surface area contributed by atoms with Crippen molar-refractivity contribution in [3.63, 3.8) is 0 Å². The molecule has 0 saturated carbocycles. The normalized spacial score (nSPS) is 31.2. The zero-order chi connectivity index (χ0) is 12.1. The highest BCUT2D eigenvalue weighted by atomic mass is 32.2. The van der Waals surface area contributed by atoms with Gasteiger partial charge in [0, 0.05) is 24.7 Å². The fourth-order valence-electron chi connectivity index (χ4n) is 3.28. The standard InChI is InChI=1S/C14H26N2S/c1-13(2,3)16-8-12(9-16)15-6-4-14(5-7-15)10-17-11-14/h12H,4-11H2,1-3H3. The molecule has 0 radical (unpaired) electrons. The highest BCUT2D eigenvalue weighted by Crippen LogP contribution is 2.46. The van der Waals surface area contributed by atoms with Gasteiger partial charge in [0.25, 0.3) is 0 Å². The lowest BCUT2D eigenvalue weighted by molar-refractivity contribution is -0.0397. The Labute approximate surface area is 110 Å². The average molecular weight is 254 g/mol. The number of likely N-dealkylation sites (tertiary alicyclic amines) is 2. The van der Waals surface area contributed by atoms with Gasteiger partial charge in [-0.25, -0.2) is 0 Å². The summed E-state index contributed by atoms with van der Waals surface area (Å²) in [4.78, 5) is 5.37. The van der Waals surface area contributed by atoms with Gasteiger partial charge in [0.1, 0.15) is 0 Å². The number of piperidine rings is 1. The van der Waals surface area contributed by atoms with Crippen LogP contribution in [-0.2, 0) is 0 Å². The van der Waals surface area contributed by atoms with Gasteiger partial charge in [0.2, 0.25) is 0 Å². The first-order valence-corrected chi connectivity index (χ1v) is 8.21. The van der Waals surface area contributed by atoms with Gasteiger partial charge in [-0.05, 0) is 63.6 Å². The zero-order valence-corrected chi connectivity index (χ0v) is 12.4. The number of hydrogen-bond acceptors (Lipinski definition) is 3. The molecule has 0 N–H and O–H groups in total. The largest absolute Gasteiger partial charge is 0.298 e. The van der Waals surface area contributed by atoms with Crippen LogP contribution in [0.2, 0.25) is 0 Å². The Morgan fingerprint density at radius 3 is 2.06 bits per heavy atom. The summed E-state index contributed by atoms with van der Waals surface area (Å²) in [6.07, 6.45) is 2.93. The molecular formula is C14H26N2S. The van der Waals surface area contributed by atoms with Crippen LogP contribution in [0.1, 0.15) is 33.6 Å². The second kappa shape index (κ2) is 4.14. The maximum atomic E-state index is 2.76. The van der Waals surface area contributed by atoms with Crippen LogP contribution in [-0.4, -0.2) is 59.1 Å². The fraction of sp³-hybridized carbons (Fsp3) is 1.00. The summed E-state index contributed by atoms with van der Waals surface area (Å²) >= 11 is 2.15. The van der Waals surface area contributed by atoms with Crippen molar-refractivity contribution in [2.24, 2.45) is 5.41 Å². The smallest absolute Gasteiger partial charge is 0.0350 e. The van der Waals surface area contributed by atoms with E-state index >= 15 is 0 Å². The van der Waals surface area contributed by atoms with E-state index in [4.69, 9.17) is 0 Å². The van der Waals surface area contributed by atoms with Gasteiger partial charge in [0.05, 0.1) is 0 Å². The Kier molecular flexibility index (Phi) is 3.00. The van der Waals surface area contributed by atoms with Crippen molar-refractivity contribution in [1.29, 1.82) is 0 Å². The van der Waals surface area contributed by atoms with E-state index in [9.17, 15) is 0 Å². The first-order chi connectivity index (χ1) is 7.99. The molecule has 1 spiro atoms. The molecule has 3 heteroatoms. The predicted octanol–water partition coefficient (Wildman–Crippen LogP) is 2.30. The first kappa shape index (κ1) is 12.3. The van der Waals surface area contributed by atoms with E-state index in [0.717, 1.165) is 11.5 Å². The number of rotatable bonds is 1. The van der Waals surface area contributed by atoms with Gasteiger partial charge >= 0.3 is 0 Å². The fourth-order valence-corrected chi connectivity index (χ4v) is 4.64. The van der Waals surface area contributed by atoms with Crippen LogP contribution in [0.4, 0.5) is 0 Å². The lowest BCUT2D eigenvalue weighted by Crippen LogP contribution is -2.66. The summed E-state index contributed by atoms with van der Waals surface area (Å²) in [5.74, 6) is 2.89. The van der Waals surface area contributed by atoms with Gasteiger partial charge in [-0.3, -0.25) is 9.80 Å². The van der Waals surface area contributed by atoms with Crippen molar-refractivity contribution >= 4 is 11.8 Å². The van der Waals surface area contributed by atoms with Gasteiger partial charge in [-0.2, -0.15) is 11.8 Å². The van der Waals surface area contributed by atoms with Crippen molar-refractivity contribution in [2.75, 3.05) is 37.7 Å². The highest BCUT2D eigenvalue weighted by molar-refractivity contribution is 8.00. The minimum absolute atomic E-state index is 0.373. The minimum atomic E-state index is 0.373. The topological polar surface area (TPSA) is 6.48 Å². The van der Waals surface area contributed by atoms with Crippen LogP contribution in [0.25, 0.3) is 0 Å². The van der Waals surface area contributed by atoms with Gasteiger partial charge < -0.3 is 0 Å². The second-order valence-electron chi connectivity index (χ2n) is 7.26. The van der Waals surface area contributed by atoms with Gasteiger partial charge in [-0.1, -0.05) is 0 Å². The molecule has 0 atom stereocenters. The molecule has 0 bridgehead atoms. The molecule has 3 heterocycles. The molecule has 0 aliphatic carbocycles. The molecule has 98 valence electrons. The molecule has 3 aliphatic heterocycles. The summed E-state index contributed by atoms with van der Waals surface area (Å²) in [6, 6.07) is 0.860. The summed E-state index contributed by atoms with van der Waals surface area (Å²) in [5.41, 5.74) is 1.15. The molecule has 2 nitrogen and oxygen atoms in total. The quantitative estimate of drug-likeness (QED) is 0.709. The summed E-state index contributed by atoms with van der Waals surface area (Å²) in [5, 5.41) is 0. The Balaban J connectivity index is 1.46. The molecule has 0 aromatic heterocycles. The Hall–Kier alpha value is 0.270. The first-order valence-electron chi connectivity index (χ1n) is 7.05. The molecule has 3 fully saturated rings. The number of nitrogens with zero attached hydrogens (tertiary/aromatic N) is 2. The maximum Gasteiger partial charge on any atom is 0.0350 e. The van der Waals surface area contributed by atoms with Crippen LogP contribution < -0.4 is 0 Å². The minimum Gasteiger partial charge on any atom is -0.298 e. The third kappa shape index (κ3) is 2.26. The number of hydrogen-bond donors (Lipinski definition) is 0. The highest BCUT2D eigenvalue weighted by Gasteiger charge is 2.44. The monoisotopic (exact) mass is 254 g/mol. The predicted molar refractivity (Wildman–Crippen MR) is 75.7 cm³/mol. The SMILES string of the molecule is CC(C)(C)N1CC(N2CCC3(CC2)CSC3)C1.